The van der Waals surface area contributed by atoms with Gasteiger partial charge < -0.3 is 26.6 Å². The summed E-state index contributed by atoms with van der Waals surface area (Å²) >= 11 is 0. The van der Waals surface area contributed by atoms with Crippen LogP contribution in [0.15, 0.2) is 24.3 Å². The molecule has 2 rings (SSSR count). The second-order valence-electron chi connectivity index (χ2n) is 15.2. The fraction of sp³-hybridized carbons (Fsp3) is 0.714. The molecule has 3 amide bonds. The third-order valence-corrected chi connectivity index (χ3v) is 12.9. The van der Waals surface area contributed by atoms with Crippen molar-refractivity contribution in [2.45, 2.75) is 154 Å². The van der Waals surface area contributed by atoms with Crippen LogP contribution in [0.3, 0.4) is 0 Å². The lowest BCUT2D eigenvalue weighted by molar-refractivity contribution is -0.137. The lowest BCUT2D eigenvalue weighted by Gasteiger charge is -2.22. The first-order valence-corrected chi connectivity index (χ1v) is 23.1. The van der Waals surface area contributed by atoms with Crippen LogP contribution in [0.4, 0.5) is 0 Å². The van der Waals surface area contributed by atoms with E-state index >= 15 is 0 Å². The highest BCUT2D eigenvalue weighted by molar-refractivity contribution is 8.76. The predicted octanol–water partition coefficient (Wildman–Crippen LogP) is 8.19. The number of hydrogen-bond donors (Lipinski definition) is 5. The Labute approximate surface area is 339 Å². The van der Waals surface area contributed by atoms with Crippen molar-refractivity contribution in [2.75, 3.05) is 18.1 Å². The normalized spacial score (nSPS) is 18.5. The van der Waals surface area contributed by atoms with Crippen molar-refractivity contribution in [3.8, 4) is 5.75 Å². The Balaban J connectivity index is 0.0000157. The summed E-state index contributed by atoms with van der Waals surface area (Å²) in [4.78, 5) is 75.2. The van der Waals surface area contributed by atoms with Crippen molar-refractivity contribution in [3.05, 3.63) is 29.8 Å². The minimum atomic E-state index is -0.744. The van der Waals surface area contributed by atoms with E-state index in [0.29, 0.717) is 43.7 Å². The van der Waals surface area contributed by atoms with E-state index in [1.807, 2.05) is 6.92 Å². The number of phenolic OH excluding ortho intramolecular Hbond substituents is 1. The number of carbonyl (C=O) groups excluding carboxylic acids is 5. The van der Waals surface area contributed by atoms with Gasteiger partial charge in [0.25, 0.3) is 0 Å². The molecule has 0 bridgehead atoms. The fourth-order valence-electron chi connectivity index (χ4n) is 6.71. The number of nitrogens with one attached hydrogen (secondary N) is 2. The summed E-state index contributed by atoms with van der Waals surface area (Å²) in [5.74, 6) is -2.50. The smallest absolute Gasteiger partial charge is 0.303 e. The lowest BCUT2D eigenvalue weighted by Crippen LogP contribution is -2.44. The zero-order chi connectivity index (χ0) is 40.3. The quantitative estimate of drug-likeness (QED) is 0.0407. The van der Waals surface area contributed by atoms with Crippen LogP contribution in [0, 0.1) is 17.8 Å². The summed E-state index contributed by atoms with van der Waals surface area (Å²) in [5.41, 5.74) is 6.44. The van der Waals surface area contributed by atoms with Crippen molar-refractivity contribution < 1.29 is 41.8 Å². The van der Waals surface area contributed by atoms with Gasteiger partial charge in [-0.15, -0.1) is 0 Å². The molecule has 0 unspecified atom stereocenters. The van der Waals surface area contributed by atoms with E-state index < -0.39 is 29.8 Å². The van der Waals surface area contributed by atoms with Crippen LogP contribution in [0.25, 0.3) is 0 Å². The van der Waals surface area contributed by atoms with Crippen molar-refractivity contribution in [2.24, 2.45) is 23.5 Å². The summed E-state index contributed by atoms with van der Waals surface area (Å²) in [6.45, 7) is 2.32. The number of nitrogens with two attached hydrogens (primary N) is 1. The van der Waals surface area contributed by atoms with Crippen molar-refractivity contribution >= 4 is 56.8 Å². The van der Waals surface area contributed by atoms with E-state index in [9.17, 15) is 33.9 Å². The van der Waals surface area contributed by atoms with E-state index in [-0.39, 0.29) is 63.6 Å². The first-order valence-electron chi connectivity index (χ1n) is 20.6. The zero-order valence-corrected chi connectivity index (χ0v) is 34.7. The van der Waals surface area contributed by atoms with Crippen molar-refractivity contribution in [3.63, 3.8) is 0 Å². The van der Waals surface area contributed by atoms with Gasteiger partial charge in [0.05, 0.1) is 6.04 Å². The molecule has 1 fully saturated rings. The number of Topliss-reactive ketones (excluding diaryl/α,β-unsaturated/α-hetero) is 2. The number of ketones is 2. The third kappa shape index (κ3) is 22.9. The van der Waals surface area contributed by atoms with Crippen LogP contribution in [-0.4, -0.2) is 69.6 Å². The highest BCUT2D eigenvalue weighted by Crippen LogP contribution is 2.30. The minimum absolute atomic E-state index is 0. The van der Waals surface area contributed by atoms with E-state index in [1.54, 1.807) is 12.1 Å². The molecule has 55 heavy (non-hydrogen) atoms. The van der Waals surface area contributed by atoms with Crippen LogP contribution < -0.4 is 16.4 Å². The Morgan fingerprint density at radius 2 is 1.36 bits per heavy atom. The maximum Gasteiger partial charge on any atom is 0.303 e. The molecule has 11 nitrogen and oxygen atoms in total. The van der Waals surface area contributed by atoms with E-state index in [2.05, 4.69) is 10.6 Å². The summed E-state index contributed by atoms with van der Waals surface area (Å²) < 4.78 is 0. The SMILES string of the molecule is C[C@H]1CSSC[C@@H](C(=O)C[C@@H](Cc2ccc(O)cc2)C(N)=O)CC(=O)[C@H](CCCCNC(=O)CCCCCCCCCCCCCCCCC(=O)O)NC1=O.[HH].[HH]. The highest BCUT2D eigenvalue weighted by atomic mass is 33.1. The molecule has 0 saturated carbocycles. The number of phenols is 1. The molecule has 314 valence electrons. The van der Waals surface area contributed by atoms with Gasteiger partial charge in [-0.25, -0.2) is 0 Å². The average Bonchev–Trinajstić information content (AvgIpc) is 3.16. The third-order valence-electron chi connectivity index (χ3n) is 10.3. The number of unbranched alkanes of at least 4 members (excludes halogenated alkanes) is 14. The van der Waals surface area contributed by atoms with Gasteiger partial charge in [0.15, 0.2) is 5.78 Å². The molecule has 1 heterocycles. The Morgan fingerprint density at radius 1 is 0.818 bits per heavy atom. The number of aliphatic carboxylic acids is 1. The van der Waals surface area contributed by atoms with Gasteiger partial charge in [-0.1, -0.05) is 118 Å². The van der Waals surface area contributed by atoms with E-state index in [4.69, 9.17) is 10.8 Å². The van der Waals surface area contributed by atoms with Crippen LogP contribution in [-0.2, 0) is 35.2 Å². The molecule has 1 saturated heterocycles. The maximum atomic E-state index is 13.6. The monoisotopic (exact) mass is 809 g/mol. The standard InChI is InChI=1S/C42H67N3O8S2.2H2/c1-31-29-54-55-30-34(37(47)27-33(41(43)52)26-32-21-23-35(46)24-22-32)28-38(48)36(45-42(31)53)18-16-17-25-44-39(49)19-14-12-10-8-6-4-2-3-5-7-9-11-13-15-20-40(50)51;;/h21-24,31,33-34,36,46H,2-20,25-30H2,1H3,(H2,43,52)(H,44,49)(H,45,53)(H,50,51);2*1H/t31-,33+,34-,36-;;/m0../s1. The Morgan fingerprint density at radius 3 is 1.93 bits per heavy atom. The number of rotatable bonds is 28. The van der Waals surface area contributed by atoms with Gasteiger partial charge in [-0.2, -0.15) is 0 Å². The lowest BCUT2D eigenvalue weighted by atomic mass is 9.86. The van der Waals surface area contributed by atoms with Crippen LogP contribution >= 0.6 is 21.6 Å². The summed E-state index contributed by atoms with van der Waals surface area (Å²) in [5, 5.41) is 24.2. The molecule has 0 aliphatic carbocycles. The molecule has 1 aromatic carbocycles. The molecule has 6 N–H and O–H groups in total. The maximum absolute atomic E-state index is 13.6. The van der Waals surface area contributed by atoms with Gasteiger partial charge in [0, 0.05) is 64.3 Å². The summed E-state index contributed by atoms with van der Waals surface area (Å²) in [6, 6.07) is 5.68. The first kappa shape index (κ1) is 48.1. The molecule has 4 atom stereocenters. The molecule has 1 aromatic rings. The topological polar surface area (TPSA) is 193 Å². The molecular formula is C42H71N3O8S2. The number of aromatic hydroxyl groups is 1. The van der Waals surface area contributed by atoms with E-state index in [0.717, 1.165) is 44.1 Å². The van der Waals surface area contributed by atoms with Crippen molar-refractivity contribution in [1.29, 1.82) is 0 Å². The second kappa shape index (κ2) is 29.2. The van der Waals surface area contributed by atoms with Gasteiger partial charge in [-0.05, 0) is 56.2 Å². The average molecular weight is 810 g/mol. The summed E-state index contributed by atoms with van der Waals surface area (Å²) in [6.07, 6.45) is 18.5. The molecule has 0 radical (unpaired) electrons. The van der Waals surface area contributed by atoms with E-state index in [1.165, 1.54) is 85.1 Å². The number of hydrogen-bond acceptors (Lipinski definition) is 9. The Hall–Kier alpha value is -3.06. The fourth-order valence-corrected chi connectivity index (χ4v) is 9.41. The van der Waals surface area contributed by atoms with Crippen LogP contribution in [0.5, 0.6) is 5.75 Å². The number of primary amides is 1. The van der Waals surface area contributed by atoms with Crippen LogP contribution in [0.1, 0.15) is 150 Å². The Bertz CT molecular complexity index is 1320. The number of carboxylic acids is 1. The highest BCUT2D eigenvalue weighted by Gasteiger charge is 2.32. The number of amides is 3. The first-order chi connectivity index (χ1) is 26.5. The molecule has 0 spiro atoms. The molecular weight excluding hydrogens is 739 g/mol. The zero-order valence-electron chi connectivity index (χ0n) is 33.0. The molecule has 1 aliphatic heterocycles. The molecule has 13 heteroatoms. The van der Waals surface area contributed by atoms with Gasteiger partial charge in [0.2, 0.25) is 17.7 Å². The largest absolute Gasteiger partial charge is 0.508 e. The number of benzene rings is 1. The van der Waals surface area contributed by atoms with Gasteiger partial charge in [-0.3, -0.25) is 28.8 Å². The molecule has 0 aromatic heterocycles. The number of carboxylic acid groups (broad SMARTS) is 1. The minimum Gasteiger partial charge on any atom is -0.508 e. The predicted molar refractivity (Wildman–Crippen MR) is 226 cm³/mol. The summed E-state index contributed by atoms with van der Waals surface area (Å²) in [7, 11) is 2.96. The van der Waals surface area contributed by atoms with Crippen molar-refractivity contribution in [1.82, 2.24) is 10.6 Å². The number of carbonyl (C=O) groups is 6. The Kier molecular flexibility index (Phi) is 25.5. The second-order valence-corrected chi connectivity index (χ2v) is 17.8. The van der Waals surface area contributed by atoms with Crippen LogP contribution in [0.2, 0.25) is 0 Å². The van der Waals surface area contributed by atoms with Gasteiger partial charge >= 0.3 is 5.97 Å². The van der Waals surface area contributed by atoms with Gasteiger partial charge in [0.1, 0.15) is 11.5 Å². The molecule has 1 aliphatic rings.